The highest BCUT2D eigenvalue weighted by molar-refractivity contribution is 6.89. The third-order valence-corrected chi connectivity index (χ3v) is 13.7. The van der Waals surface area contributed by atoms with Crippen LogP contribution < -0.4 is 0 Å². The van der Waals surface area contributed by atoms with Gasteiger partial charge in [0.2, 0.25) is 0 Å². The number of hydrogen-bond acceptors (Lipinski definition) is 4. The number of methoxy groups -OCH3 is 2. The van der Waals surface area contributed by atoms with E-state index in [1.807, 2.05) is 59.7 Å². The maximum absolute atomic E-state index is 13.8. The van der Waals surface area contributed by atoms with Crippen molar-refractivity contribution in [2.75, 3.05) is 14.2 Å². The van der Waals surface area contributed by atoms with E-state index in [0.29, 0.717) is 10.8 Å². The summed E-state index contributed by atoms with van der Waals surface area (Å²) < 4.78 is 37.6. The van der Waals surface area contributed by atoms with Crippen molar-refractivity contribution in [3.63, 3.8) is 0 Å². The number of hydrogen-bond donors (Lipinski definition) is 0. The van der Waals surface area contributed by atoms with Gasteiger partial charge in [0.25, 0.3) is 0 Å². The molecule has 0 fully saturated rings. The van der Waals surface area contributed by atoms with Gasteiger partial charge in [0.15, 0.2) is 5.41 Å². The van der Waals surface area contributed by atoms with E-state index >= 15 is 0 Å². The first-order valence-corrected chi connectivity index (χ1v) is 13.6. The molecule has 0 bridgehead atoms. The Morgan fingerprint density at radius 2 is 1.38 bits per heavy atom. The number of rotatable bonds is 9. The van der Waals surface area contributed by atoms with Gasteiger partial charge in [0.05, 0.1) is 22.3 Å². The molecule has 0 heterocycles. The molecule has 34 heavy (non-hydrogen) atoms. The zero-order chi connectivity index (χ0) is 26.1. The van der Waals surface area contributed by atoms with Crippen molar-refractivity contribution in [2.45, 2.75) is 71.0 Å². The van der Waals surface area contributed by atoms with Crippen molar-refractivity contribution in [3.8, 4) is 11.8 Å². The number of ether oxygens (including phenoxy) is 2. The smallest absolute Gasteiger partial charge is 0.324 e. The lowest BCUT2D eigenvalue weighted by molar-refractivity contribution is -0.168. The lowest BCUT2D eigenvalue weighted by atomic mass is 9.81. The fraction of sp³-hybridized carbons (Fsp3) is 0.519. The molecule has 7 heteroatoms. The molecule has 1 rings (SSSR count). The summed E-state index contributed by atoms with van der Waals surface area (Å²) in [6.07, 6.45) is -2.50. The molecular weight excluding hydrogens is 454 g/mol. The van der Waals surface area contributed by atoms with Crippen LogP contribution in [0.5, 0.6) is 0 Å². The summed E-state index contributed by atoms with van der Waals surface area (Å²) in [4.78, 5) is 26.2. The van der Waals surface area contributed by atoms with Crippen molar-refractivity contribution >= 4 is 20.0 Å². The van der Waals surface area contributed by atoms with Crippen LogP contribution in [0.1, 0.15) is 59.9 Å². The highest BCUT2D eigenvalue weighted by Gasteiger charge is 2.54. The standard InChI is InChI=1S/C27H36F2O4Si/c1-19(2)34(20(3)4,21(5)6)23(17-24(28)29)18-27(25(30)32-7,26(31)33-8)16-12-15-22-13-10-9-11-14-22/h9-11,13-14,19-21H,16,18H2,1-8H3. The molecule has 0 spiro atoms. The lowest BCUT2D eigenvalue weighted by Gasteiger charge is -2.45. The van der Waals surface area contributed by atoms with Crippen molar-refractivity contribution in [1.29, 1.82) is 0 Å². The van der Waals surface area contributed by atoms with E-state index in [2.05, 4.69) is 17.6 Å². The molecule has 0 aliphatic carbocycles. The largest absolute Gasteiger partial charge is 0.468 e. The molecule has 0 unspecified atom stereocenters. The molecule has 0 aliphatic rings. The lowest BCUT2D eigenvalue weighted by Crippen LogP contribution is -2.50. The van der Waals surface area contributed by atoms with Crippen LogP contribution in [-0.2, 0) is 19.1 Å². The van der Waals surface area contributed by atoms with E-state index in [0.717, 1.165) is 14.2 Å². The third kappa shape index (κ3) is 6.25. The second kappa shape index (κ2) is 12.7. The zero-order valence-corrected chi connectivity index (χ0v) is 22.4. The van der Waals surface area contributed by atoms with Gasteiger partial charge in [-0.3, -0.25) is 9.59 Å². The fourth-order valence-electron chi connectivity index (χ4n) is 5.41. The summed E-state index contributed by atoms with van der Waals surface area (Å²) in [7, 11) is -0.380. The van der Waals surface area contributed by atoms with Crippen LogP contribution in [0.15, 0.2) is 47.3 Å². The van der Waals surface area contributed by atoms with Crippen molar-refractivity contribution in [2.24, 2.45) is 5.41 Å². The number of carbonyl (C=O) groups excluding carboxylic acids is 2. The van der Waals surface area contributed by atoms with Crippen LogP contribution in [0.4, 0.5) is 8.78 Å². The van der Waals surface area contributed by atoms with Gasteiger partial charge in [-0.1, -0.05) is 77.3 Å². The number of allylic oxidation sites excluding steroid dienone is 1. The first-order chi connectivity index (χ1) is 15.9. The van der Waals surface area contributed by atoms with Crippen LogP contribution >= 0.6 is 0 Å². The van der Waals surface area contributed by atoms with Gasteiger partial charge in [-0.25, -0.2) is 0 Å². The van der Waals surface area contributed by atoms with Crippen LogP contribution in [0.2, 0.25) is 16.6 Å². The maximum atomic E-state index is 13.8. The zero-order valence-electron chi connectivity index (χ0n) is 21.4. The summed E-state index contributed by atoms with van der Waals surface area (Å²) in [5.41, 5.74) is 1.26. The quantitative estimate of drug-likeness (QED) is 0.127. The Hall–Kier alpha value is -2.68. The summed E-state index contributed by atoms with van der Waals surface area (Å²) in [6, 6.07) is 9.08. The molecule has 0 N–H and O–H groups in total. The van der Waals surface area contributed by atoms with Gasteiger partial charge in [-0.15, -0.1) is 0 Å². The van der Waals surface area contributed by atoms with E-state index in [1.54, 1.807) is 12.1 Å². The Labute approximate surface area is 203 Å². The molecule has 0 saturated carbocycles. The average molecular weight is 491 g/mol. The number of esters is 2. The summed E-state index contributed by atoms with van der Waals surface area (Å²) in [6.45, 7) is 12.1. The molecule has 0 atom stereocenters. The van der Waals surface area contributed by atoms with Crippen LogP contribution in [0.3, 0.4) is 0 Å². The normalized spacial score (nSPS) is 11.6. The molecule has 0 radical (unpaired) electrons. The van der Waals surface area contributed by atoms with E-state index in [9.17, 15) is 18.4 Å². The fourth-order valence-corrected chi connectivity index (χ4v) is 12.4. The molecular formula is C27H36F2O4Si. The molecule has 4 nitrogen and oxygen atoms in total. The monoisotopic (exact) mass is 490 g/mol. The molecule has 0 aliphatic heterocycles. The third-order valence-electron chi connectivity index (χ3n) is 6.66. The van der Waals surface area contributed by atoms with Crippen LogP contribution in [0, 0.1) is 17.3 Å². The predicted molar refractivity (Wildman–Crippen MR) is 133 cm³/mol. The molecule has 1 aromatic carbocycles. The van der Waals surface area contributed by atoms with E-state index in [4.69, 9.17) is 9.47 Å². The molecule has 0 saturated heterocycles. The van der Waals surface area contributed by atoms with Crippen molar-refractivity contribution < 1.29 is 27.8 Å². The number of halogens is 2. The first-order valence-electron chi connectivity index (χ1n) is 11.4. The topological polar surface area (TPSA) is 52.6 Å². The van der Waals surface area contributed by atoms with E-state index in [1.165, 1.54) is 0 Å². The van der Waals surface area contributed by atoms with E-state index in [-0.39, 0.29) is 29.5 Å². The van der Waals surface area contributed by atoms with E-state index < -0.39 is 31.5 Å². The van der Waals surface area contributed by atoms with Crippen LogP contribution in [0.25, 0.3) is 0 Å². The second-order valence-corrected chi connectivity index (χ2v) is 15.3. The SMILES string of the molecule is COC(=O)C(CC#Cc1ccccc1)(CC(=C=C(F)F)[Si](C(C)C)(C(C)C)C(C)C)C(=O)OC. The minimum absolute atomic E-state index is 0.0535. The van der Waals surface area contributed by atoms with Gasteiger partial charge >= 0.3 is 18.0 Å². The second-order valence-electron chi connectivity index (χ2n) is 9.35. The molecule has 0 aromatic heterocycles. The molecule has 186 valence electrons. The predicted octanol–water partition coefficient (Wildman–Crippen LogP) is 6.67. The highest BCUT2D eigenvalue weighted by Crippen LogP contribution is 2.50. The minimum atomic E-state index is -2.71. The van der Waals surface area contributed by atoms with Gasteiger partial charge < -0.3 is 9.47 Å². The number of carbonyl (C=O) groups is 2. The number of benzene rings is 1. The Kier molecular flexibility index (Phi) is 11.0. The summed E-state index contributed by atoms with van der Waals surface area (Å²) in [5, 5.41) is 0.324. The van der Waals surface area contributed by atoms with Crippen molar-refractivity contribution in [3.05, 3.63) is 52.9 Å². The summed E-state index contributed by atoms with van der Waals surface area (Å²) >= 11 is 0. The Bertz CT molecular complexity index is 939. The highest BCUT2D eigenvalue weighted by atomic mass is 28.3. The Morgan fingerprint density at radius 3 is 1.76 bits per heavy atom. The Morgan fingerprint density at radius 1 is 0.912 bits per heavy atom. The van der Waals surface area contributed by atoms with Crippen LogP contribution in [-0.4, -0.2) is 34.2 Å². The van der Waals surface area contributed by atoms with Gasteiger partial charge in [-0.05, 0) is 34.0 Å². The minimum Gasteiger partial charge on any atom is -0.468 e. The van der Waals surface area contributed by atoms with Gasteiger partial charge in [0, 0.05) is 18.4 Å². The van der Waals surface area contributed by atoms with Gasteiger partial charge in [-0.2, -0.15) is 8.78 Å². The van der Waals surface area contributed by atoms with Gasteiger partial charge in [0.1, 0.15) is 0 Å². The average Bonchev–Trinajstić information content (AvgIpc) is 2.77. The maximum Gasteiger partial charge on any atom is 0.324 e. The summed E-state index contributed by atoms with van der Waals surface area (Å²) in [5.74, 6) is 4.12. The first kappa shape index (κ1) is 29.3. The molecule has 0 amide bonds. The van der Waals surface area contributed by atoms with Crippen molar-refractivity contribution in [1.82, 2.24) is 0 Å². The molecule has 1 aromatic rings. The Balaban J connectivity index is 3.85.